The molecule has 1 fully saturated rings. The minimum absolute atomic E-state index is 0.00251. The molecule has 4 aromatic rings. The molecule has 4 heterocycles. The second-order valence-corrected chi connectivity index (χ2v) is 12.1. The molecule has 14 nitrogen and oxygen atoms in total. The van der Waals surface area contributed by atoms with Crippen molar-refractivity contribution in [1.29, 1.82) is 0 Å². The Morgan fingerprint density at radius 1 is 1.06 bits per heavy atom. The van der Waals surface area contributed by atoms with Crippen molar-refractivity contribution in [2.24, 2.45) is 5.16 Å². The number of carbonyl (C=O) groups is 4. The Kier molecular flexibility index (Phi) is 9.82. The highest BCUT2D eigenvalue weighted by atomic mass is 32.2. The van der Waals surface area contributed by atoms with Gasteiger partial charge in [-0.2, -0.15) is 0 Å². The van der Waals surface area contributed by atoms with Crippen molar-refractivity contribution in [3.63, 3.8) is 0 Å². The Morgan fingerprint density at radius 3 is 2.40 bits per heavy atom. The Hall–Kier alpha value is -5.48. The molecule has 1 N–H and O–H groups in total. The zero-order valence-electron chi connectivity index (χ0n) is 25.1. The van der Waals surface area contributed by atoms with Crippen LogP contribution in [0.4, 0.5) is 0 Å². The number of fused-ring (bicyclic) bond motifs is 1. The van der Waals surface area contributed by atoms with Gasteiger partial charge in [0.1, 0.15) is 22.8 Å². The molecule has 16 heteroatoms. The van der Waals surface area contributed by atoms with Gasteiger partial charge in [-0.05, 0) is 24.1 Å². The zero-order chi connectivity index (χ0) is 33.6. The van der Waals surface area contributed by atoms with Crippen LogP contribution in [0.15, 0.2) is 102 Å². The highest BCUT2D eigenvalue weighted by Gasteiger charge is 2.53. The monoisotopic (exact) mass is 690 g/mol. The summed E-state index contributed by atoms with van der Waals surface area (Å²) < 4.78 is 20.6. The molecule has 0 saturated carbocycles. The lowest BCUT2D eigenvalue weighted by atomic mass is 10.0. The second kappa shape index (κ2) is 14.5. The van der Waals surface area contributed by atoms with E-state index in [9.17, 15) is 24.0 Å². The fourth-order valence-electron chi connectivity index (χ4n) is 4.88. The van der Waals surface area contributed by atoms with Crippen LogP contribution in [0.2, 0.25) is 0 Å². The van der Waals surface area contributed by atoms with E-state index in [-0.39, 0.29) is 35.2 Å². The minimum Gasteiger partial charge on any atom is -0.453 e. The summed E-state index contributed by atoms with van der Waals surface area (Å²) in [4.78, 5) is 74.1. The first-order valence-corrected chi connectivity index (χ1v) is 16.4. The molecule has 6 rings (SSSR count). The molecule has 1 unspecified atom stereocenters. The van der Waals surface area contributed by atoms with Crippen LogP contribution in [0.5, 0.6) is 0 Å². The zero-order valence-corrected chi connectivity index (χ0v) is 26.7. The Bertz CT molecular complexity index is 1880. The molecule has 0 aliphatic carbocycles. The van der Waals surface area contributed by atoms with Crippen LogP contribution in [0.1, 0.15) is 34.4 Å². The Balaban J connectivity index is 1.08. The fourth-order valence-corrected chi connectivity index (χ4v) is 6.61. The van der Waals surface area contributed by atoms with Crippen LogP contribution in [0.25, 0.3) is 0 Å². The molecule has 2 atom stereocenters. The van der Waals surface area contributed by atoms with E-state index in [1.54, 1.807) is 5.38 Å². The summed E-state index contributed by atoms with van der Waals surface area (Å²) in [6, 6.07) is 17.4. The van der Waals surface area contributed by atoms with E-state index in [4.69, 9.17) is 23.1 Å². The molecule has 2 aliphatic rings. The van der Waals surface area contributed by atoms with Crippen LogP contribution >= 0.6 is 23.1 Å². The number of nitrogens with one attached hydrogen (secondary N) is 1. The van der Waals surface area contributed by atoms with Gasteiger partial charge in [-0.25, -0.2) is 19.4 Å². The predicted molar refractivity (Wildman–Crippen MR) is 170 cm³/mol. The number of rotatable bonds is 12. The first-order chi connectivity index (χ1) is 23.3. The van der Waals surface area contributed by atoms with E-state index in [1.807, 2.05) is 60.7 Å². The summed E-state index contributed by atoms with van der Waals surface area (Å²) in [5, 5.41) is 7.49. The van der Waals surface area contributed by atoms with E-state index >= 15 is 0 Å². The molecule has 2 aliphatic heterocycles. The SMILES string of the molecule is Cc1oc(=O)oc1COC(=O)C1=CCS[C@H]2C(NC(=O)C(=NOCC(=O)OC(c3ccccc3)c3ccccc3)c3cscn3)C(=O)N12. The maximum atomic E-state index is 13.4. The van der Waals surface area contributed by atoms with Crippen molar-refractivity contribution in [2.75, 3.05) is 12.4 Å². The number of aryl methyl sites for hydroxylation is 1. The Morgan fingerprint density at radius 2 is 1.77 bits per heavy atom. The second-order valence-electron chi connectivity index (χ2n) is 10.3. The minimum atomic E-state index is -1.00. The van der Waals surface area contributed by atoms with Crippen LogP contribution < -0.4 is 11.1 Å². The molecule has 2 amide bonds. The van der Waals surface area contributed by atoms with Crippen molar-refractivity contribution in [2.45, 2.75) is 31.1 Å². The highest BCUT2D eigenvalue weighted by Crippen LogP contribution is 2.38. The van der Waals surface area contributed by atoms with Gasteiger partial charge in [0.25, 0.3) is 11.8 Å². The van der Waals surface area contributed by atoms with Gasteiger partial charge in [0, 0.05) is 11.1 Å². The molecular weight excluding hydrogens is 665 g/mol. The number of esters is 2. The van der Waals surface area contributed by atoms with Crippen LogP contribution in [0, 0.1) is 6.92 Å². The number of hydrogen-bond donors (Lipinski definition) is 1. The van der Waals surface area contributed by atoms with Crippen LogP contribution in [-0.4, -0.2) is 63.1 Å². The third-order valence-electron chi connectivity index (χ3n) is 7.19. The Labute approximate surface area is 280 Å². The van der Waals surface area contributed by atoms with Gasteiger partial charge in [-0.15, -0.1) is 23.1 Å². The van der Waals surface area contributed by atoms with Gasteiger partial charge in [-0.3, -0.25) is 14.5 Å². The summed E-state index contributed by atoms with van der Waals surface area (Å²) in [6.45, 7) is 0.512. The topological polar surface area (TPSA) is 180 Å². The lowest BCUT2D eigenvalue weighted by Gasteiger charge is -2.48. The van der Waals surface area contributed by atoms with E-state index < -0.39 is 53.7 Å². The van der Waals surface area contributed by atoms with Crippen molar-refractivity contribution in [3.8, 4) is 0 Å². The molecule has 1 saturated heterocycles. The summed E-state index contributed by atoms with van der Waals surface area (Å²) in [5.41, 5.74) is 2.92. The maximum Gasteiger partial charge on any atom is 0.519 e. The van der Waals surface area contributed by atoms with Gasteiger partial charge < -0.3 is 28.5 Å². The van der Waals surface area contributed by atoms with Crippen molar-refractivity contribution in [3.05, 3.63) is 122 Å². The number of thiazole rings is 1. The van der Waals surface area contributed by atoms with Gasteiger partial charge >= 0.3 is 17.8 Å². The van der Waals surface area contributed by atoms with Gasteiger partial charge in [0.05, 0.1) is 5.51 Å². The summed E-state index contributed by atoms with van der Waals surface area (Å²) >= 11 is 2.53. The quantitative estimate of drug-likeness (QED) is 0.0995. The lowest BCUT2D eigenvalue weighted by molar-refractivity contribution is -0.153. The number of thioether (sulfide) groups is 1. The van der Waals surface area contributed by atoms with Crippen LogP contribution in [0.3, 0.4) is 0 Å². The summed E-state index contributed by atoms with van der Waals surface area (Å²) in [7, 11) is 0. The first kappa shape index (κ1) is 32.5. The molecule has 0 radical (unpaired) electrons. The highest BCUT2D eigenvalue weighted by molar-refractivity contribution is 8.00. The number of benzene rings is 2. The van der Waals surface area contributed by atoms with Gasteiger partial charge in [0.2, 0.25) is 6.61 Å². The molecular formula is C32H26N4O10S2. The number of amides is 2. The van der Waals surface area contributed by atoms with E-state index in [0.29, 0.717) is 5.75 Å². The smallest absolute Gasteiger partial charge is 0.453 e. The van der Waals surface area contributed by atoms with Gasteiger partial charge in [-0.1, -0.05) is 65.8 Å². The summed E-state index contributed by atoms with van der Waals surface area (Å²) in [5.74, 6) is -3.21. The van der Waals surface area contributed by atoms with Crippen molar-refractivity contribution < 1.29 is 42.3 Å². The maximum absolute atomic E-state index is 13.4. The number of carbonyl (C=O) groups excluding carboxylic acids is 4. The fraction of sp³-hybridized carbons (Fsp3) is 0.219. The molecule has 2 aromatic carbocycles. The average Bonchev–Trinajstić information content (AvgIpc) is 3.75. The molecule has 0 spiro atoms. The third kappa shape index (κ3) is 7.08. The largest absolute Gasteiger partial charge is 0.519 e. The normalized spacial score (nSPS) is 17.2. The van der Waals surface area contributed by atoms with Crippen molar-refractivity contribution >= 4 is 52.6 Å². The number of ether oxygens (including phenoxy) is 2. The van der Waals surface area contributed by atoms with Crippen molar-refractivity contribution in [1.82, 2.24) is 15.2 Å². The third-order valence-corrected chi connectivity index (χ3v) is 8.96. The van der Waals surface area contributed by atoms with E-state index in [1.165, 1.54) is 46.5 Å². The summed E-state index contributed by atoms with van der Waals surface area (Å²) in [6.07, 6.45) is 0.841. The molecule has 2 aromatic heterocycles. The number of hydrogen-bond acceptors (Lipinski definition) is 14. The predicted octanol–water partition coefficient (Wildman–Crippen LogP) is 3.08. The van der Waals surface area contributed by atoms with Crippen LogP contribution in [-0.2, 0) is 40.1 Å². The number of aromatic nitrogens is 1. The van der Waals surface area contributed by atoms with E-state index in [2.05, 4.69) is 15.5 Å². The average molecular weight is 691 g/mol. The lowest BCUT2D eigenvalue weighted by Crippen LogP contribution is -2.70. The molecule has 48 heavy (non-hydrogen) atoms. The molecule has 0 bridgehead atoms. The number of β-lactam (4-membered cyclic amide) rings is 1. The van der Waals surface area contributed by atoms with Gasteiger partial charge in [0.15, 0.2) is 29.9 Å². The number of nitrogens with zero attached hydrogens (tertiary/aromatic N) is 3. The molecule has 246 valence electrons. The standard InChI is InChI=1S/C32H26N4O10S2/c1-18-23(45-32(41)44-18)14-42-31(40)22-12-13-48-30-26(29(39)36(22)30)34-28(38)25(21-16-47-17-33-21)35-43-15-24(37)46-27(19-8-4-2-5-9-19)20-10-6-3-7-11-20/h2-12,16-17,26-27,30H,13-15H2,1H3,(H,34,38)/t26?,30-/m0/s1. The first-order valence-electron chi connectivity index (χ1n) is 14.4. The number of oxime groups is 1. The van der Waals surface area contributed by atoms with E-state index in [0.717, 1.165) is 11.1 Å².